The number of likely N-dealkylation sites (N-methyl/N-ethyl adjacent to an activating group) is 1. The average Bonchev–Trinajstić information content (AvgIpc) is 2.69. The van der Waals surface area contributed by atoms with Crippen LogP contribution in [0, 0.1) is 17.8 Å². The summed E-state index contributed by atoms with van der Waals surface area (Å²) in [6.07, 6.45) is 0. The largest absolute Gasteiger partial charge is 0.306 e. The molecule has 0 amide bonds. The van der Waals surface area contributed by atoms with Crippen molar-refractivity contribution in [2.45, 2.75) is 0 Å². The van der Waals surface area contributed by atoms with Gasteiger partial charge in [0.15, 0.2) is 0 Å². The van der Waals surface area contributed by atoms with Crippen LogP contribution in [0.1, 0.15) is 0 Å². The van der Waals surface area contributed by atoms with Crippen LogP contribution in [0.5, 0.6) is 0 Å². The van der Waals surface area contributed by atoms with Gasteiger partial charge < -0.3 is 14.7 Å². The van der Waals surface area contributed by atoms with Gasteiger partial charge in [0.2, 0.25) is 0 Å². The number of piperazine rings is 1. The third-order valence-electron chi connectivity index (χ3n) is 4.62. The van der Waals surface area contributed by atoms with E-state index in [1.165, 1.54) is 45.8 Å². The summed E-state index contributed by atoms with van der Waals surface area (Å²) in [5.74, 6) is 3.15. The molecule has 0 aromatic rings. The van der Waals surface area contributed by atoms with Crippen LogP contribution in [0.2, 0.25) is 0 Å². The lowest BCUT2D eigenvalue weighted by atomic mass is 10.2. The molecule has 3 rings (SSSR count). The van der Waals surface area contributed by atoms with Gasteiger partial charge in [-0.2, -0.15) is 0 Å². The summed E-state index contributed by atoms with van der Waals surface area (Å²) in [4.78, 5) is 7.62. The molecule has 2 saturated heterocycles. The smallest absolute Gasteiger partial charge is 0.0110 e. The third-order valence-corrected chi connectivity index (χ3v) is 4.62. The van der Waals surface area contributed by atoms with Crippen LogP contribution >= 0.6 is 0 Å². The summed E-state index contributed by atoms with van der Waals surface area (Å²) in [5, 5.41) is 0. The van der Waals surface area contributed by atoms with E-state index in [-0.39, 0.29) is 0 Å². The van der Waals surface area contributed by atoms with E-state index in [4.69, 9.17) is 0 Å². The third kappa shape index (κ3) is 1.93. The SMILES string of the molecule is CN1CCN(CC2[C@H]3CN(C)C[C@@H]23)CC1. The maximum Gasteiger partial charge on any atom is 0.0110 e. The van der Waals surface area contributed by atoms with Gasteiger partial charge in [-0.3, -0.25) is 0 Å². The molecule has 0 N–H and O–H groups in total. The molecule has 0 bridgehead atoms. The summed E-state index contributed by atoms with van der Waals surface area (Å²) in [6, 6.07) is 0. The van der Waals surface area contributed by atoms with Gasteiger partial charge >= 0.3 is 0 Å². The van der Waals surface area contributed by atoms with E-state index in [0.717, 1.165) is 17.8 Å². The second-order valence-electron chi connectivity index (χ2n) is 5.82. The van der Waals surface area contributed by atoms with Gasteiger partial charge in [-0.05, 0) is 31.8 Å². The summed E-state index contributed by atoms with van der Waals surface area (Å²) < 4.78 is 0. The normalized spacial score (nSPS) is 43.2. The minimum atomic E-state index is 1.05. The molecule has 3 fully saturated rings. The van der Waals surface area contributed by atoms with Crippen LogP contribution in [-0.2, 0) is 0 Å². The molecule has 3 nitrogen and oxygen atoms in total. The Balaban J connectivity index is 1.44. The monoisotopic (exact) mass is 209 g/mol. The van der Waals surface area contributed by atoms with Gasteiger partial charge in [0.05, 0.1) is 0 Å². The van der Waals surface area contributed by atoms with Crippen molar-refractivity contribution in [1.82, 2.24) is 14.7 Å². The Kier molecular flexibility index (Phi) is 2.49. The van der Waals surface area contributed by atoms with Gasteiger partial charge in [-0.15, -0.1) is 0 Å². The first-order valence-electron chi connectivity index (χ1n) is 6.33. The number of fused-ring (bicyclic) bond motifs is 1. The number of likely N-dealkylation sites (tertiary alicyclic amines) is 1. The quantitative estimate of drug-likeness (QED) is 0.636. The summed E-state index contributed by atoms with van der Waals surface area (Å²) in [7, 11) is 4.50. The van der Waals surface area contributed by atoms with Crippen LogP contribution in [-0.4, -0.2) is 74.6 Å². The highest BCUT2D eigenvalue weighted by atomic mass is 15.3. The van der Waals surface area contributed by atoms with E-state index in [2.05, 4.69) is 28.8 Å². The van der Waals surface area contributed by atoms with Gasteiger partial charge in [0.1, 0.15) is 0 Å². The van der Waals surface area contributed by atoms with Crippen molar-refractivity contribution in [2.24, 2.45) is 17.8 Å². The van der Waals surface area contributed by atoms with E-state index >= 15 is 0 Å². The van der Waals surface area contributed by atoms with Crippen LogP contribution in [0.15, 0.2) is 0 Å². The highest BCUT2D eigenvalue weighted by molar-refractivity contribution is 5.05. The van der Waals surface area contributed by atoms with Gasteiger partial charge in [0.25, 0.3) is 0 Å². The Hall–Kier alpha value is -0.120. The number of rotatable bonds is 2. The van der Waals surface area contributed by atoms with Crippen molar-refractivity contribution in [3.63, 3.8) is 0 Å². The molecule has 1 unspecified atom stereocenters. The number of hydrogen-bond donors (Lipinski definition) is 0. The summed E-state index contributed by atoms with van der Waals surface area (Å²) in [5.41, 5.74) is 0. The zero-order valence-corrected chi connectivity index (χ0v) is 10.0. The van der Waals surface area contributed by atoms with Crippen molar-refractivity contribution in [3.05, 3.63) is 0 Å². The highest BCUT2D eigenvalue weighted by Gasteiger charge is 2.54. The van der Waals surface area contributed by atoms with Crippen LogP contribution in [0.25, 0.3) is 0 Å². The molecule has 2 heterocycles. The fourth-order valence-corrected chi connectivity index (χ4v) is 3.46. The minimum absolute atomic E-state index is 1.05. The zero-order chi connectivity index (χ0) is 10.4. The maximum atomic E-state index is 2.68. The first kappa shape index (κ1) is 10.1. The molecule has 3 atom stereocenters. The van der Waals surface area contributed by atoms with Crippen LogP contribution in [0.4, 0.5) is 0 Å². The molecule has 3 heteroatoms. The lowest BCUT2D eigenvalue weighted by Gasteiger charge is -2.33. The molecule has 1 saturated carbocycles. The number of nitrogens with zero attached hydrogens (tertiary/aromatic N) is 3. The highest BCUT2D eigenvalue weighted by Crippen LogP contribution is 2.51. The Morgan fingerprint density at radius 2 is 1.47 bits per heavy atom. The van der Waals surface area contributed by atoms with E-state index in [1.54, 1.807) is 0 Å². The van der Waals surface area contributed by atoms with Gasteiger partial charge in [0, 0.05) is 45.8 Å². The Morgan fingerprint density at radius 3 is 2.07 bits per heavy atom. The Labute approximate surface area is 93.0 Å². The summed E-state index contributed by atoms with van der Waals surface area (Å²) in [6.45, 7) is 9.23. The molecule has 1 aliphatic carbocycles. The van der Waals surface area contributed by atoms with Crippen molar-refractivity contribution < 1.29 is 0 Å². The fraction of sp³-hybridized carbons (Fsp3) is 1.00. The van der Waals surface area contributed by atoms with E-state index < -0.39 is 0 Å². The molecule has 2 aliphatic heterocycles. The number of hydrogen-bond acceptors (Lipinski definition) is 3. The number of piperidine rings is 1. The lowest BCUT2D eigenvalue weighted by molar-refractivity contribution is 0.142. The Bertz CT molecular complexity index is 223. The van der Waals surface area contributed by atoms with Crippen molar-refractivity contribution >= 4 is 0 Å². The topological polar surface area (TPSA) is 9.72 Å². The minimum Gasteiger partial charge on any atom is -0.306 e. The fourth-order valence-electron chi connectivity index (χ4n) is 3.46. The molecule has 86 valence electrons. The van der Waals surface area contributed by atoms with Crippen molar-refractivity contribution in [3.8, 4) is 0 Å². The average molecular weight is 209 g/mol. The predicted octanol–water partition coefficient (Wildman–Crippen LogP) is 0.0414. The molecule has 0 radical (unpaired) electrons. The van der Waals surface area contributed by atoms with Gasteiger partial charge in [-0.25, -0.2) is 0 Å². The predicted molar refractivity (Wildman–Crippen MR) is 61.9 cm³/mol. The second kappa shape index (κ2) is 3.72. The molecule has 3 aliphatic rings. The maximum absolute atomic E-state index is 2.68. The lowest BCUT2D eigenvalue weighted by Crippen LogP contribution is -2.45. The standard InChI is InChI=1S/C12H23N3/c1-13-3-5-15(6-4-13)9-12-10-7-14(2)8-11(10)12/h10-12H,3-9H2,1-2H3/t10-,11+,12?. The van der Waals surface area contributed by atoms with Crippen molar-refractivity contribution in [1.29, 1.82) is 0 Å². The molecular formula is C12H23N3. The second-order valence-corrected chi connectivity index (χ2v) is 5.82. The first-order valence-corrected chi connectivity index (χ1v) is 6.33. The van der Waals surface area contributed by atoms with Crippen LogP contribution < -0.4 is 0 Å². The first-order chi connectivity index (χ1) is 7.24. The molecular weight excluding hydrogens is 186 g/mol. The van der Waals surface area contributed by atoms with E-state index in [0.29, 0.717) is 0 Å². The van der Waals surface area contributed by atoms with Crippen LogP contribution in [0.3, 0.4) is 0 Å². The molecule has 0 aromatic carbocycles. The summed E-state index contributed by atoms with van der Waals surface area (Å²) >= 11 is 0. The zero-order valence-electron chi connectivity index (χ0n) is 10.0. The van der Waals surface area contributed by atoms with E-state index in [9.17, 15) is 0 Å². The van der Waals surface area contributed by atoms with Gasteiger partial charge in [-0.1, -0.05) is 0 Å². The molecule has 0 aromatic heterocycles. The van der Waals surface area contributed by atoms with E-state index in [1.807, 2.05) is 0 Å². The molecule has 15 heavy (non-hydrogen) atoms. The molecule has 0 spiro atoms. The van der Waals surface area contributed by atoms with Crippen molar-refractivity contribution in [2.75, 3.05) is 59.9 Å². The Morgan fingerprint density at radius 1 is 0.867 bits per heavy atom.